The molecule has 0 aliphatic heterocycles. The van der Waals surface area contributed by atoms with E-state index in [-0.39, 0.29) is 5.56 Å². The van der Waals surface area contributed by atoms with Crippen LogP contribution in [0, 0.1) is 6.92 Å². The molecule has 2 aromatic rings. The van der Waals surface area contributed by atoms with E-state index in [2.05, 4.69) is 20.6 Å². The van der Waals surface area contributed by atoms with Crippen molar-refractivity contribution in [3.8, 4) is 10.6 Å². The zero-order valence-electron chi connectivity index (χ0n) is 9.18. The molecule has 1 N–H and O–H groups in total. The van der Waals surface area contributed by atoms with Crippen LogP contribution in [-0.4, -0.2) is 27.0 Å². The summed E-state index contributed by atoms with van der Waals surface area (Å²) in [6, 6.07) is 1.72. The van der Waals surface area contributed by atoms with Crippen LogP contribution in [0.15, 0.2) is 10.9 Å². The van der Waals surface area contributed by atoms with Crippen LogP contribution in [0.2, 0.25) is 0 Å². The van der Waals surface area contributed by atoms with Crippen LogP contribution in [0.1, 0.15) is 5.69 Å². The maximum Gasteiger partial charge on any atom is 0.276 e. The monoisotopic (exact) mass is 237 g/mol. The van der Waals surface area contributed by atoms with E-state index in [4.69, 9.17) is 0 Å². The predicted molar refractivity (Wildman–Crippen MR) is 62.7 cm³/mol. The standard InChI is InChI=1S/C9H11N5OS/c1-5-4-6(8(15)14(3)13-5)7-11-12-9(10-2)16-7/h4H,1-3H3,(H,10,12). The highest BCUT2D eigenvalue weighted by Crippen LogP contribution is 2.23. The summed E-state index contributed by atoms with van der Waals surface area (Å²) in [6.07, 6.45) is 0. The number of nitrogens with one attached hydrogen (secondary N) is 1. The SMILES string of the molecule is CNc1nnc(-c2cc(C)nn(C)c2=O)s1. The predicted octanol–water partition coefficient (Wildman–Crippen LogP) is 0.649. The number of hydrogen-bond acceptors (Lipinski definition) is 6. The fraction of sp³-hybridized carbons (Fsp3) is 0.333. The zero-order valence-corrected chi connectivity index (χ0v) is 10.00. The third-order valence-corrected chi connectivity index (χ3v) is 3.03. The van der Waals surface area contributed by atoms with Crippen molar-refractivity contribution in [2.75, 3.05) is 12.4 Å². The van der Waals surface area contributed by atoms with Crippen molar-refractivity contribution in [3.63, 3.8) is 0 Å². The zero-order chi connectivity index (χ0) is 11.7. The molecule has 0 radical (unpaired) electrons. The third-order valence-electron chi connectivity index (χ3n) is 2.05. The van der Waals surface area contributed by atoms with Gasteiger partial charge in [0.05, 0.1) is 11.3 Å². The summed E-state index contributed by atoms with van der Waals surface area (Å²) in [7, 11) is 3.39. The molecule has 0 aliphatic carbocycles. The molecule has 84 valence electrons. The van der Waals surface area contributed by atoms with Crippen molar-refractivity contribution in [2.24, 2.45) is 7.05 Å². The number of nitrogens with zero attached hydrogens (tertiary/aromatic N) is 4. The Kier molecular flexibility index (Phi) is 2.69. The summed E-state index contributed by atoms with van der Waals surface area (Å²) >= 11 is 1.34. The first-order valence-corrected chi connectivity index (χ1v) is 5.50. The summed E-state index contributed by atoms with van der Waals surface area (Å²) in [6.45, 7) is 1.84. The molecule has 16 heavy (non-hydrogen) atoms. The van der Waals surface area contributed by atoms with E-state index in [9.17, 15) is 4.79 Å². The molecule has 0 unspecified atom stereocenters. The molecular formula is C9H11N5OS. The first kappa shape index (κ1) is 10.7. The molecule has 6 nitrogen and oxygen atoms in total. The van der Waals surface area contributed by atoms with Crippen LogP contribution in [0.4, 0.5) is 5.13 Å². The number of anilines is 1. The average molecular weight is 237 g/mol. The van der Waals surface area contributed by atoms with Gasteiger partial charge in [-0.3, -0.25) is 4.79 Å². The highest BCUT2D eigenvalue weighted by Gasteiger charge is 2.11. The molecule has 7 heteroatoms. The lowest BCUT2D eigenvalue weighted by Gasteiger charge is -2.00. The van der Waals surface area contributed by atoms with Gasteiger partial charge in [-0.15, -0.1) is 10.2 Å². The van der Waals surface area contributed by atoms with Gasteiger partial charge in [0.2, 0.25) is 5.13 Å². The normalized spacial score (nSPS) is 10.4. The second kappa shape index (κ2) is 4.01. The van der Waals surface area contributed by atoms with Gasteiger partial charge in [-0.05, 0) is 13.0 Å². The molecule has 2 aromatic heterocycles. The first-order chi connectivity index (χ1) is 7.61. The molecule has 2 heterocycles. The molecular weight excluding hydrogens is 226 g/mol. The lowest BCUT2D eigenvalue weighted by atomic mass is 10.3. The quantitative estimate of drug-likeness (QED) is 0.830. The van der Waals surface area contributed by atoms with Crippen LogP contribution in [0.3, 0.4) is 0 Å². The second-order valence-electron chi connectivity index (χ2n) is 3.29. The summed E-state index contributed by atoms with van der Waals surface area (Å²) in [5.41, 5.74) is 1.15. The van der Waals surface area contributed by atoms with Gasteiger partial charge in [-0.25, -0.2) is 4.68 Å². The van der Waals surface area contributed by atoms with Crippen LogP contribution >= 0.6 is 11.3 Å². The highest BCUT2D eigenvalue weighted by atomic mass is 32.1. The van der Waals surface area contributed by atoms with E-state index in [1.54, 1.807) is 20.2 Å². The van der Waals surface area contributed by atoms with Crippen molar-refractivity contribution in [1.82, 2.24) is 20.0 Å². The first-order valence-electron chi connectivity index (χ1n) is 4.68. The maximum atomic E-state index is 11.8. The van der Waals surface area contributed by atoms with E-state index in [1.807, 2.05) is 6.92 Å². The summed E-state index contributed by atoms with van der Waals surface area (Å²) in [5.74, 6) is 0. The fourth-order valence-corrected chi connectivity index (χ4v) is 2.05. The van der Waals surface area contributed by atoms with Gasteiger partial charge in [0, 0.05) is 14.1 Å². The summed E-state index contributed by atoms with van der Waals surface area (Å²) in [4.78, 5) is 11.8. The molecule has 0 amide bonds. The fourth-order valence-electron chi connectivity index (χ4n) is 1.34. The topological polar surface area (TPSA) is 72.7 Å². The van der Waals surface area contributed by atoms with E-state index in [0.717, 1.165) is 5.69 Å². The molecule has 0 atom stereocenters. The Balaban J connectivity index is 2.59. The molecule has 0 aromatic carbocycles. The maximum absolute atomic E-state index is 11.8. The third kappa shape index (κ3) is 1.81. The molecule has 0 aliphatic rings. The van der Waals surface area contributed by atoms with Crippen LogP contribution < -0.4 is 10.9 Å². The Hall–Kier alpha value is -1.76. The van der Waals surface area contributed by atoms with Gasteiger partial charge in [0.25, 0.3) is 5.56 Å². The Morgan fingerprint density at radius 1 is 1.44 bits per heavy atom. The van der Waals surface area contributed by atoms with Crippen molar-refractivity contribution in [3.05, 3.63) is 22.1 Å². The van der Waals surface area contributed by atoms with Gasteiger partial charge < -0.3 is 5.32 Å². The van der Waals surface area contributed by atoms with E-state index < -0.39 is 0 Å². The molecule has 0 bridgehead atoms. The second-order valence-corrected chi connectivity index (χ2v) is 4.27. The van der Waals surface area contributed by atoms with Crippen molar-refractivity contribution >= 4 is 16.5 Å². The van der Waals surface area contributed by atoms with Crippen molar-refractivity contribution in [2.45, 2.75) is 6.92 Å². The summed E-state index contributed by atoms with van der Waals surface area (Å²) in [5, 5.41) is 16.1. The van der Waals surface area contributed by atoms with Crippen molar-refractivity contribution in [1.29, 1.82) is 0 Å². The van der Waals surface area contributed by atoms with Crippen LogP contribution in [0.25, 0.3) is 10.6 Å². The van der Waals surface area contributed by atoms with Gasteiger partial charge in [0.15, 0.2) is 5.01 Å². The molecule has 0 saturated carbocycles. The Morgan fingerprint density at radius 3 is 2.81 bits per heavy atom. The van der Waals surface area contributed by atoms with Gasteiger partial charge in [-0.1, -0.05) is 11.3 Å². The minimum Gasteiger partial charge on any atom is -0.363 e. The lowest BCUT2D eigenvalue weighted by Crippen LogP contribution is -2.21. The van der Waals surface area contributed by atoms with Crippen molar-refractivity contribution < 1.29 is 0 Å². The van der Waals surface area contributed by atoms with Gasteiger partial charge in [0.1, 0.15) is 0 Å². The largest absolute Gasteiger partial charge is 0.363 e. The van der Waals surface area contributed by atoms with E-state index in [1.165, 1.54) is 16.0 Å². The number of hydrogen-bond donors (Lipinski definition) is 1. The number of aromatic nitrogens is 4. The Bertz CT molecular complexity index is 574. The van der Waals surface area contributed by atoms with E-state index >= 15 is 0 Å². The minimum atomic E-state index is -0.163. The molecule has 0 spiro atoms. The van der Waals surface area contributed by atoms with E-state index in [0.29, 0.717) is 15.7 Å². The number of rotatable bonds is 2. The average Bonchev–Trinajstić information content (AvgIpc) is 2.71. The highest BCUT2D eigenvalue weighted by molar-refractivity contribution is 7.18. The van der Waals surface area contributed by atoms with Crippen LogP contribution in [0.5, 0.6) is 0 Å². The Morgan fingerprint density at radius 2 is 2.19 bits per heavy atom. The molecule has 0 fully saturated rings. The minimum absolute atomic E-state index is 0.163. The van der Waals surface area contributed by atoms with Gasteiger partial charge in [-0.2, -0.15) is 5.10 Å². The van der Waals surface area contributed by atoms with Gasteiger partial charge >= 0.3 is 0 Å². The smallest absolute Gasteiger partial charge is 0.276 e. The summed E-state index contributed by atoms with van der Waals surface area (Å²) < 4.78 is 1.31. The molecule has 2 rings (SSSR count). The lowest BCUT2D eigenvalue weighted by molar-refractivity contribution is 0.694. The Labute approximate surface area is 96.0 Å². The van der Waals surface area contributed by atoms with Crippen LogP contribution in [-0.2, 0) is 7.05 Å². The molecule has 0 saturated heterocycles. The number of aryl methyl sites for hydroxylation is 2.